The minimum atomic E-state index is 0.588. The highest BCUT2D eigenvalue weighted by Crippen LogP contribution is 2.25. The van der Waals surface area contributed by atoms with Crippen LogP contribution in [0.3, 0.4) is 0 Å². The Balaban J connectivity index is 1.93. The number of rotatable bonds is 2. The van der Waals surface area contributed by atoms with Crippen molar-refractivity contribution in [2.75, 3.05) is 13.1 Å². The summed E-state index contributed by atoms with van der Waals surface area (Å²) in [4.78, 5) is 7.04. The van der Waals surface area contributed by atoms with E-state index in [1.54, 1.807) is 0 Å². The summed E-state index contributed by atoms with van der Waals surface area (Å²) < 4.78 is 0. The summed E-state index contributed by atoms with van der Waals surface area (Å²) in [6.07, 6.45) is 5.22. The molecular weight excluding hydrogens is 258 g/mol. The van der Waals surface area contributed by atoms with Gasteiger partial charge >= 0.3 is 0 Å². The molecule has 0 spiro atoms. The quantitative estimate of drug-likeness (QED) is 0.842. The van der Waals surface area contributed by atoms with Gasteiger partial charge in [0.05, 0.1) is 17.3 Å². The molecule has 1 aliphatic heterocycles. The molecule has 0 atom stereocenters. The second-order valence-corrected chi connectivity index (χ2v) is 5.81. The van der Waals surface area contributed by atoms with E-state index in [1.165, 1.54) is 5.57 Å². The highest BCUT2D eigenvalue weighted by molar-refractivity contribution is 5.85. The van der Waals surface area contributed by atoms with Gasteiger partial charge in [-0.1, -0.05) is 12.1 Å². The number of aromatic nitrogens is 1. The van der Waals surface area contributed by atoms with Gasteiger partial charge in [0.1, 0.15) is 0 Å². The van der Waals surface area contributed by atoms with E-state index in [0.717, 1.165) is 36.0 Å². The van der Waals surface area contributed by atoms with Crippen LogP contribution in [-0.4, -0.2) is 29.0 Å². The van der Waals surface area contributed by atoms with Crippen molar-refractivity contribution >= 4 is 16.3 Å². The molecule has 1 aromatic carbocycles. The van der Waals surface area contributed by atoms with Crippen molar-refractivity contribution in [2.45, 2.75) is 26.3 Å². The Hall–Kier alpha value is -2.18. The normalized spacial score (nSPS) is 16.0. The fourth-order valence-electron chi connectivity index (χ4n) is 2.77. The Bertz CT molecular complexity index is 738. The molecule has 106 valence electrons. The van der Waals surface area contributed by atoms with Crippen molar-refractivity contribution in [3.05, 3.63) is 47.8 Å². The zero-order valence-electron chi connectivity index (χ0n) is 12.5. The second kappa shape index (κ2) is 5.67. The number of fused-ring (bicyclic) bond motifs is 1. The minimum Gasteiger partial charge on any atom is -0.297 e. The first kappa shape index (κ1) is 13.8. The van der Waals surface area contributed by atoms with Crippen LogP contribution in [0.1, 0.15) is 31.5 Å². The van der Waals surface area contributed by atoms with Crippen molar-refractivity contribution in [3.8, 4) is 6.07 Å². The van der Waals surface area contributed by atoms with Crippen molar-refractivity contribution in [1.29, 1.82) is 5.26 Å². The molecule has 0 saturated heterocycles. The molecule has 2 aromatic rings. The summed E-state index contributed by atoms with van der Waals surface area (Å²) in [6.45, 7) is 6.54. The summed E-state index contributed by atoms with van der Waals surface area (Å²) >= 11 is 0. The molecule has 1 aromatic heterocycles. The molecule has 3 rings (SSSR count). The van der Waals surface area contributed by atoms with E-state index < -0.39 is 0 Å². The molecule has 0 saturated carbocycles. The van der Waals surface area contributed by atoms with Crippen LogP contribution in [0, 0.1) is 11.3 Å². The van der Waals surface area contributed by atoms with Crippen LogP contribution < -0.4 is 0 Å². The predicted molar refractivity (Wildman–Crippen MR) is 85.8 cm³/mol. The molecule has 0 unspecified atom stereocenters. The van der Waals surface area contributed by atoms with Crippen LogP contribution in [0.2, 0.25) is 0 Å². The molecule has 0 fully saturated rings. The zero-order chi connectivity index (χ0) is 14.8. The number of hydrogen-bond donors (Lipinski definition) is 0. The average molecular weight is 277 g/mol. The van der Waals surface area contributed by atoms with Gasteiger partial charge in [-0.05, 0) is 49.4 Å². The van der Waals surface area contributed by atoms with Gasteiger partial charge in [0.25, 0.3) is 0 Å². The van der Waals surface area contributed by atoms with E-state index >= 15 is 0 Å². The van der Waals surface area contributed by atoms with Gasteiger partial charge in [-0.2, -0.15) is 5.26 Å². The lowest BCUT2D eigenvalue weighted by atomic mass is 10.0. The number of nitrogens with zero attached hydrogens (tertiary/aromatic N) is 3. The minimum absolute atomic E-state index is 0.588. The summed E-state index contributed by atoms with van der Waals surface area (Å²) in [5.41, 5.74) is 3.06. The molecule has 2 heterocycles. The zero-order valence-corrected chi connectivity index (χ0v) is 12.5. The van der Waals surface area contributed by atoms with E-state index in [9.17, 15) is 0 Å². The fraction of sp³-hybridized carbons (Fsp3) is 0.333. The van der Waals surface area contributed by atoms with Gasteiger partial charge in [0, 0.05) is 30.7 Å². The van der Waals surface area contributed by atoms with Gasteiger partial charge < -0.3 is 0 Å². The van der Waals surface area contributed by atoms with Crippen LogP contribution in [-0.2, 0) is 0 Å². The third-order valence-electron chi connectivity index (χ3n) is 4.15. The lowest BCUT2D eigenvalue weighted by Crippen LogP contribution is -2.34. The van der Waals surface area contributed by atoms with Crippen LogP contribution in [0.15, 0.2) is 36.5 Å². The van der Waals surface area contributed by atoms with Gasteiger partial charge in [-0.15, -0.1) is 0 Å². The first-order valence-electron chi connectivity index (χ1n) is 7.41. The maximum atomic E-state index is 9.01. The lowest BCUT2D eigenvalue weighted by Gasteiger charge is -2.29. The van der Waals surface area contributed by atoms with Crippen LogP contribution in [0.4, 0.5) is 0 Å². The molecule has 21 heavy (non-hydrogen) atoms. The Morgan fingerprint density at radius 2 is 2.10 bits per heavy atom. The highest BCUT2D eigenvalue weighted by atomic mass is 15.1. The monoisotopic (exact) mass is 277 g/mol. The van der Waals surface area contributed by atoms with Crippen molar-refractivity contribution < 1.29 is 0 Å². The molecule has 3 nitrogen and oxygen atoms in total. The Kier molecular flexibility index (Phi) is 3.72. The third kappa shape index (κ3) is 2.81. The molecule has 0 aliphatic carbocycles. The summed E-state index contributed by atoms with van der Waals surface area (Å²) in [6, 6.07) is 10.6. The third-order valence-corrected chi connectivity index (χ3v) is 4.15. The van der Waals surface area contributed by atoms with Crippen LogP contribution in [0.25, 0.3) is 16.3 Å². The van der Waals surface area contributed by atoms with Crippen LogP contribution >= 0.6 is 0 Å². The molecule has 0 N–H and O–H groups in total. The maximum absolute atomic E-state index is 9.01. The van der Waals surface area contributed by atoms with Gasteiger partial charge in [-0.3, -0.25) is 9.88 Å². The first-order valence-corrected chi connectivity index (χ1v) is 7.41. The van der Waals surface area contributed by atoms with Crippen LogP contribution in [0.5, 0.6) is 0 Å². The molecule has 1 aliphatic rings. The van der Waals surface area contributed by atoms with E-state index in [4.69, 9.17) is 5.26 Å². The first-order chi connectivity index (χ1) is 10.2. The summed E-state index contributed by atoms with van der Waals surface area (Å²) in [7, 11) is 0. The highest BCUT2D eigenvalue weighted by Gasteiger charge is 2.15. The molecule has 3 heteroatoms. The number of benzene rings is 1. The Morgan fingerprint density at radius 1 is 1.24 bits per heavy atom. The fourth-order valence-corrected chi connectivity index (χ4v) is 2.77. The lowest BCUT2D eigenvalue weighted by molar-refractivity contribution is 0.245. The summed E-state index contributed by atoms with van der Waals surface area (Å²) in [5.74, 6) is 0. The maximum Gasteiger partial charge on any atom is 0.0991 e. The van der Waals surface area contributed by atoms with E-state index in [1.807, 2.05) is 24.4 Å². The standard InChI is InChI=1S/C18H19N3/c1-13(2)21-7-5-15(6-8-21)18-10-17-9-14(11-19)3-4-16(17)12-20-18/h3-5,9-10,12-13H,6-8H2,1-2H3. The van der Waals surface area contributed by atoms with E-state index in [0.29, 0.717) is 11.6 Å². The molecule has 0 amide bonds. The van der Waals surface area contributed by atoms with Gasteiger partial charge in [0.2, 0.25) is 0 Å². The van der Waals surface area contributed by atoms with E-state index in [-0.39, 0.29) is 0 Å². The topological polar surface area (TPSA) is 39.9 Å². The Labute approximate surface area is 125 Å². The number of hydrogen-bond acceptors (Lipinski definition) is 3. The number of nitriles is 1. The molecule has 0 bridgehead atoms. The predicted octanol–water partition coefficient (Wildman–Crippen LogP) is 3.60. The van der Waals surface area contributed by atoms with Crippen molar-refractivity contribution in [2.24, 2.45) is 0 Å². The van der Waals surface area contributed by atoms with Gasteiger partial charge in [0.15, 0.2) is 0 Å². The average Bonchev–Trinajstić information content (AvgIpc) is 2.53. The van der Waals surface area contributed by atoms with Gasteiger partial charge in [-0.25, -0.2) is 0 Å². The van der Waals surface area contributed by atoms with Crippen molar-refractivity contribution in [3.63, 3.8) is 0 Å². The summed E-state index contributed by atoms with van der Waals surface area (Å²) in [5, 5.41) is 11.2. The SMILES string of the molecule is CC(C)N1CC=C(c2cc3cc(C#N)ccc3cn2)CC1. The Morgan fingerprint density at radius 3 is 2.76 bits per heavy atom. The second-order valence-electron chi connectivity index (χ2n) is 5.81. The number of pyridine rings is 1. The smallest absolute Gasteiger partial charge is 0.0991 e. The largest absolute Gasteiger partial charge is 0.297 e. The molecular formula is C18H19N3. The van der Waals surface area contributed by atoms with E-state index in [2.05, 4.69) is 41.9 Å². The molecule has 0 radical (unpaired) electrons. The van der Waals surface area contributed by atoms with Crippen molar-refractivity contribution in [1.82, 2.24) is 9.88 Å².